The molecule has 0 spiro atoms. The zero-order valence-electron chi connectivity index (χ0n) is 17.8. The van der Waals surface area contributed by atoms with Crippen molar-refractivity contribution in [3.05, 3.63) is 35.8 Å². The minimum Gasteiger partial charge on any atom is -0.467 e. The number of primary amides is 1. The van der Waals surface area contributed by atoms with Crippen molar-refractivity contribution < 1.29 is 19.1 Å². The highest BCUT2D eigenvalue weighted by Crippen LogP contribution is 2.34. The number of esters is 1. The third-order valence-electron chi connectivity index (χ3n) is 5.77. The summed E-state index contributed by atoms with van der Waals surface area (Å²) in [5.74, 6) is 0.832. The van der Waals surface area contributed by atoms with E-state index in [0.29, 0.717) is 36.2 Å². The summed E-state index contributed by atoms with van der Waals surface area (Å²) in [6, 6.07) is 1.51. The molecule has 4 rings (SSSR count). The van der Waals surface area contributed by atoms with Crippen molar-refractivity contribution in [3.8, 4) is 0 Å². The van der Waals surface area contributed by atoms with E-state index in [2.05, 4.69) is 22.7 Å². The number of carbonyl (C=O) groups excluding carboxylic acids is 2. The van der Waals surface area contributed by atoms with E-state index in [-0.39, 0.29) is 19.1 Å². The number of hydrogen-bond donors (Lipinski definition) is 2. The molecule has 0 radical (unpaired) electrons. The predicted molar refractivity (Wildman–Crippen MR) is 116 cm³/mol. The van der Waals surface area contributed by atoms with Gasteiger partial charge in [0.05, 0.1) is 19.1 Å². The minimum atomic E-state index is -0.438. The lowest BCUT2D eigenvalue weighted by molar-refractivity contribution is -0.146. The molecule has 164 valence electrons. The van der Waals surface area contributed by atoms with Crippen molar-refractivity contribution in [1.82, 2.24) is 15.0 Å². The van der Waals surface area contributed by atoms with Crippen LogP contribution in [0.5, 0.6) is 0 Å². The molecule has 3 heterocycles. The van der Waals surface area contributed by atoms with Gasteiger partial charge in [-0.15, -0.1) is 0 Å². The molecule has 1 aliphatic heterocycles. The third kappa shape index (κ3) is 4.32. The van der Waals surface area contributed by atoms with Gasteiger partial charge in [0.15, 0.2) is 5.82 Å². The Labute approximate surface area is 180 Å². The highest BCUT2D eigenvalue weighted by molar-refractivity contribution is 5.93. The maximum atomic E-state index is 12.0. The number of H-pyrrole nitrogens is 1. The number of aromatic amines is 1. The Balaban J connectivity index is 1.75. The first kappa shape index (κ1) is 21.0. The van der Waals surface area contributed by atoms with Crippen molar-refractivity contribution in [1.29, 1.82) is 0 Å². The fraction of sp³-hybridized carbons (Fsp3) is 0.455. The first-order valence-electron chi connectivity index (χ1n) is 10.4. The number of fused-ring (bicyclic) bond motifs is 1. The monoisotopic (exact) mass is 425 g/mol. The first-order valence-corrected chi connectivity index (χ1v) is 10.4. The van der Waals surface area contributed by atoms with Crippen LogP contribution in [0.25, 0.3) is 16.6 Å². The maximum Gasteiger partial charge on any atom is 0.331 e. The van der Waals surface area contributed by atoms with Gasteiger partial charge >= 0.3 is 5.97 Å². The van der Waals surface area contributed by atoms with Crippen LogP contribution in [0.4, 0.5) is 5.82 Å². The molecule has 2 atom stereocenters. The normalized spacial score (nSPS) is 20.8. The molecule has 9 nitrogen and oxygen atoms in total. The van der Waals surface area contributed by atoms with E-state index in [1.54, 1.807) is 0 Å². The van der Waals surface area contributed by atoms with E-state index in [1.165, 1.54) is 7.11 Å². The molecule has 1 saturated heterocycles. The molecule has 31 heavy (non-hydrogen) atoms. The predicted octanol–water partition coefficient (Wildman–Crippen LogP) is 2.08. The second kappa shape index (κ2) is 8.89. The number of aromatic nitrogens is 3. The van der Waals surface area contributed by atoms with Gasteiger partial charge in [-0.05, 0) is 31.2 Å². The minimum absolute atomic E-state index is 0.137. The van der Waals surface area contributed by atoms with Crippen LogP contribution in [0.3, 0.4) is 0 Å². The molecule has 1 fully saturated rings. The topological polar surface area (TPSA) is 123 Å². The molecule has 2 aromatic heterocycles. The van der Waals surface area contributed by atoms with E-state index in [0.717, 1.165) is 29.5 Å². The van der Waals surface area contributed by atoms with Gasteiger partial charge in [0.25, 0.3) is 0 Å². The zero-order chi connectivity index (χ0) is 22.0. The van der Waals surface area contributed by atoms with Crippen molar-refractivity contribution >= 4 is 34.3 Å². The van der Waals surface area contributed by atoms with E-state index >= 15 is 0 Å². The Bertz CT molecular complexity index is 1060. The SMILES string of the molecule is COC(=O)COCc1cc2c(N3CCC[C@H]3C(N)=O)nc(C3=CC=CCC3C)nc2[nH]1. The summed E-state index contributed by atoms with van der Waals surface area (Å²) in [7, 11) is 1.32. The highest BCUT2D eigenvalue weighted by Gasteiger charge is 2.32. The average molecular weight is 425 g/mol. The van der Waals surface area contributed by atoms with Gasteiger partial charge in [0.2, 0.25) is 5.91 Å². The summed E-state index contributed by atoms with van der Waals surface area (Å²) in [4.78, 5) is 38.3. The molecule has 1 unspecified atom stereocenters. The Morgan fingerprint density at radius 3 is 2.94 bits per heavy atom. The van der Waals surface area contributed by atoms with Crippen molar-refractivity contribution in [3.63, 3.8) is 0 Å². The summed E-state index contributed by atoms with van der Waals surface area (Å²) in [6.07, 6.45) is 8.69. The van der Waals surface area contributed by atoms with Crippen molar-refractivity contribution in [2.45, 2.75) is 38.8 Å². The van der Waals surface area contributed by atoms with Gasteiger partial charge < -0.3 is 25.1 Å². The smallest absolute Gasteiger partial charge is 0.331 e. The number of ether oxygens (including phenoxy) is 2. The van der Waals surface area contributed by atoms with Crippen LogP contribution >= 0.6 is 0 Å². The number of nitrogens with two attached hydrogens (primary N) is 1. The summed E-state index contributed by atoms with van der Waals surface area (Å²) in [5, 5.41) is 0.799. The van der Waals surface area contributed by atoms with Crippen LogP contribution < -0.4 is 10.6 Å². The Kier molecular flexibility index (Phi) is 6.03. The molecule has 9 heteroatoms. The van der Waals surface area contributed by atoms with Gasteiger partial charge in [-0.3, -0.25) is 4.79 Å². The van der Waals surface area contributed by atoms with Gasteiger partial charge in [-0.25, -0.2) is 14.8 Å². The van der Waals surface area contributed by atoms with Crippen molar-refractivity contribution in [2.75, 3.05) is 25.2 Å². The number of rotatable bonds is 7. The number of allylic oxidation sites excluding steroid dienone is 4. The molecule has 0 saturated carbocycles. The number of anilines is 1. The molecule has 3 N–H and O–H groups in total. The number of nitrogens with one attached hydrogen (secondary N) is 1. The molecular formula is C22H27N5O4. The molecule has 1 aliphatic carbocycles. The van der Waals surface area contributed by atoms with E-state index in [9.17, 15) is 9.59 Å². The summed E-state index contributed by atoms with van der Waals surface area (Å²) in [5.41, 5.74) is 8.14. The lowest BCUT2D eigenvalue weighted by Crippen LogP contribution is -2.41. The number of amides is 1. The zero-order valence-corrected chi connectivity index (χ0v) is 17.8. The summed E-state index contributed by atoms with van der Waals surface area (Å²) >= 11 is 0. The van der Waals surface area contributed by atoms with Gasteiger partial charge in [-0.2, -0.15) is 0 Å². The summed E-state index contributed by atoms with van der Waals surface area (Å²) in [6.45, 7) is 2.90. The van der Waals surface area contributed by atoms with E-state index in [4.69, 9.17) is 20.4 Å². The average Bonchev–Trinajstić information content (AvgIpc) is 3.40. The highest BCUT2D eigenvalue weighted by atomic mass is 16.6. The maximum absolute atomic E-state index is 12.0. The van der Waals surface area contributed by atoms with Gasteiger partial charge in [0, 0.05) is 17.8 Å². The second-order valence-corrected chi connectivity index (χ2v) is 7.94. The lowest BCUT2D eigenvalue weighted by atomic mass is 9.93. The number of methoxy groups -OCH3 is 1. The number of carbonyl (C=O) groups is 2. The summed E-state index contributed by atoms with van der Waals surface area (Å²) < 4.78 is 10.0. The molecule has 0 bridgehead atoms. The molecular weight excluding hydrogens is 398 g/mol. The Morgan fingerprint density at radius 1 is 1.35 bits per heavy atom. The quantitative estimate of drug-likeness (QED) is 0.651. The number of nitrogens with zero attached hydrogens (tertiary/aromatic N) is 3. The lowest BCUT2D eigenvalue weighted by Gasteiger charge is -2.25. The van der Waals surface area contributed by atoms with Crippen LogP contribution in [-0.2, 0) is 25.7 Å². The van der Waals surface area contributed by atoms with Gasteiger partial charge in [-0.1, -0.05) is 25.2 Å². The van der Waals surface area contributed by atoms with E-state index < -0.39 is 12.0 Å². The molecule has 0 aromatic carbocycles. The second-order valence-electron chi connectivity index (χ2n) is 7.94. The fourth-order valence-corrected chi connectivity index (χ4v) is 4.13. The Morgan fingerprint density at radius 2 is 2.19 bits per heavy atom. The van der Waals surface area contributed by atoms with Crippen LogP contribution in [0, 0.1) is 5.92 Å². The Hall–Kier alpha value is -3.20. The molecule has 2 aliphatic rings. The van der Waals surface area contributed by atoms with Gasteiger partial charge in [0.1, 0.15) is 24.1 Å². The largest absolute Gasteiger partial charge is 0.467 e. The molecule has 1 amide bonds. The van der Waals surface area contributed by atoms with E-state index in [1.807, 2.05) is 23.1 Å². The molecule has 2 aromatic rings. The van der Waals surface area contributed by atoms with Crippen LogP contribution in [0.15, 0.2) is 24.3 Å². The first-order chi connectivity index (χ1) is 15.0. The fourth-order valence-electron chi connectivity index (χ4n) is 4.13. The van der Waals surface area contributed by atoms with Crippen LogP contribution in [0.2, 0.25) is 0 Å². The number of hydrogen-bond acceptors (Lipinski definition) is 7. The van der Waals surface area contributed by atoms with Crippen LogP contribution in [-0.4, -0.2) is 53.1 Å². The third-order valence-corrected chi connectivity index (χ3v) is 5.77. The van der Waals surface area contributed by atoms with Crippen LogP contribution in [0.1, 0.15) is 37.7 Å². The van der Waals surface area contributed by atoms with Crippen molar-refractivity contribution in [2.24, 2.45) is 11.7 Å². The standard InChI is InChI=1S/C22H27N5O4/c1-13-6-3-4-7-15(13)20-25-21-16(10-14(24-21)11-31-12-18(28)30-2)22(26-20)27-9-5-8-17(27)19(23)29/h3-4,7,10,13,17H,5-6,8-9,11-12H2,1-2H3,(H2,23,29)(H,24,25,26)/t13?,17-/m0/s1.